The van der Waals surface area contributed by atoms with Crippen molar-refractivity contribution in [2.24, 2.45) is 11.1 Å². The van der Waals surface area contributed by atoms with E-state index in [1.165, 1.54) is 11.8 Å². The quantitative estimate of drug-likeness (QED) is 0.448. The van der Waals surface area contributed by atoms with Crippen molar-refractivity contribution in [2.45, 2.75) is 17.5 Å². The van der Waals surface area contributed by atoms with Gasteiger partial charge in [0.2, 0.25) is 5.91 Å². The average Bonchev–Trinajstić information content (AvgIpc) is 2.77. The van der Waals surface area contributed by atoms with E-state index in [4.69, 9.17) is 10.5 Å². The van der Waals surface area contributed by atoms with Crippen molar-refractivity contribution in [1.82, 2.24) is 4.90 Å². The second-order valence-electron chi connectivity index (χ2n) is 7.16. The van der Waals surface area contributed by atoms with E-state index in [1.54, 1.807) is 11.0 Å². The number of benzene rings is 2. The van der Waals surface area contributed by atoms with E-state index in [-0.39, 0.29) is 36.2 Å². The number of amides is 1. The monoisotopic (exact) mass is 430 g/mol. The Hall–Kier alpha value is -2.28. The first-order chi connectivity index (χ1) is 13.6. The molecule has 0 saturated carbocycles. The summed E-state index contributed by atoms with van der Waals surface area (Å²) in [4.78, 5) is 27.0. The van der Waals surface area contributed by atoms with Crippen molar-refractivity contribution < 1.29 is 14.3 Å². The van der Waals surface area contributed by atoms with Gasteiger partial charge in [0.05, 0.1) is 0 Å². The van der Waals surface area contributed by atoms with Crippen LogP contribution in [-0.2, 0) is 14.3 Å². The van der Waals surface area contributed by atoms with Gasteiger partial charge >= 0.3 is 5.97 Å². The predicted octanol–water partition coefficient (Wildman–Crippen LogP) is 3.16. The van der Waals surface area contributed by atoms with Crippen LogP contribution in [0.1, 0.15) is 17.2 Å². The van der Waals surface area contributed by atoms with E-state index in [1.807, 2.05) is 60.7 Å². The van der Waals surface area contributed by atoms with E-state index < -0.39 is 17.6 Å². The summed E-state index contributed by atoms with van der Waals surface area (Å²) >= 11 is 1.51. The number of rotatable bonds is 5. The predicted molar refractivity (Wildman–Crippen MR) is 117 cm³/mol. The van der Waals surface area contributed by atoms with Gasteiger partial charge in [-0.25, -0.2) is 0 Å². The summed E-state index contributed by atoms with van der Waals surface area (Å²) in [5.74, 6) is -0.00773. The molecule has 0 spiro atoms. The molecule has 3 atom stereocenters. The van der Waals surface area contributed by atoms with Gasteiger partial charge in [-0.05, 0) is 11.1 Å². The van der Waals surface area contributed by atoms with Crippen LogP contribution in [0.3, 0.4) is 0 Å². The molecule has 1 amide bonds. The number of hydrogen-bond acceptors (Lipinski definition) is 5. The normalized spacial score (nSPS) is 25.4. The van der Waals surface area contributed by atoms with Gasteiger partial charge < -0.3 is 15.4 Å². The first-order valence-corrected chi connectivity index (χ1v) is 10.2. The summed E-state index contributed by atoms with van der Waals surface area (Å²) in [6, 6.07) is 18.8. The summed E-state index contributed by atoms with van der Waals surface area (Å²) in [5.41, 5.74) is 6.70. The summed E-state index contributed by atoms with van der Waals surface area (Å²) in [5, 5.41) is -0.0626. The summed E-state index contributed by atoms with van der Waals surface area (Å²) in [6.45, 7) is 4.13. The Labute approximate surface area is 180 Å². The van der Waals surface area contributed by atoms with E-state index in [0.717, 1.165) is 11.1 Å². The van der Waals surface area contributed by atoms with Gasteiger partial charge in [0.15, 0.2) is 6.10 Å². The number of carbonyl (C=O) groups is 2. The number of carbonyl (C=O) groups excluding carboxylic acids is 2. The second kappa shape index (κ2) is 8.61. The lowest BCUT2D eigenvalue weighted by Gasteiger charge is -2.52. The zero-order valence-corrected chi connectivity index (χ0v) is 17.4. The highest BCUT2D eigenvalue weighted by molar-refractivity contribution is 8.00. The van der Waals surface area contributed by atoms with Gasteiger partial charge in [0.25, 0.3) is 0 Å². The zero-order valence-electron chi connectivity index (χ0n) is 15.8. The molecule has 0 bridgehead atoms. The number of nitrogens with zero attached hydrogens (tertiary/aromatic N) is 1. The molecule has 2 saturated heterocycles. The van der Waals surface area contributed by atoms with Crippen molar-refractivity contribution in [2.75, 3.05) is 12.3 Å². The molecule has 4 rings (SSSR count). The lowest BCUT2D eigenvalue weighted by Crippen LogP contribution is -2.71. The highest BCUT2D eigenvalue weighted by Crippen LogP contribution is 2.43. The summed E-state index contributed by atoms with van der Waals surface area (Å²) < 4.78 is 6.03. The van der Waals surface area contributed by atoms with Crippen molar-refractivity contribution in [3.8, 4) is 0 Å². The molecule has 152 valence electrons. The molecule has 0 aliphatic carbocycles. The Morgan fingerprint density at radius 1 is 1.17 bits per heavy atom. The van der Waals surface area contributed by atoms with Crippen LogP contribution in [0.15, 0.2) is 73.3 Å². The molecule has 0 radical (unpaired) electrons. The zero-order chi connectivity index (χ0) is 19.7. The Kier molecular flexibility index (Phi) is 6.36. The van der Waals surface area contributed by atoms with E-state index in [2.05, 4.69) is 6.58 Å². The lowest BCUT2D eigenvalue weighted by molar-refractivity contribution is -0.161. The number of fused-ring (bicyclic) bond motifs is 1. The maximum Gasteiger partial charge on any atom is 0.319 e. The van der Waals surface area contributed by atoms with Crippen LogP contribution in [0.25, 0.3) is 0 Å². The Morgan fingerprint density at radius 2 is 1.72 bits per heavy atom. The minimum atomic E-state index is -0.946. The van der Waals surface area contributed by atoms with Crippen LogP contribution in [0.5, 0.6) is 0 Å². The Balaban J connectivity index is 0.00000240. The van der Waals surface area contributed by atoms with Crippen LogP contribution in [-0.4, -0.2) is 40.5 Å². The Morgan fingerprint density at radius 3 is 2.24 bits per heavy atom. The molecule has 2 aliphatic heterocycles. The second-order valence-corrected chi connectivity index (χ2v) is 8.27. The fraction of sp³-hybridized carbons (Fsp3) is 0.273. The molecule has 2 N–H and O–H groups in total. The maximum atomic E-state index is 13.3. The number of nitrogens with two attached hydrogens (primary N) is 1. The molecule has 7 heteroatoms. The van der Waals surface area contributed by atoms with Crippen LogP contribution in [0.2, 0.25) is 0 Å². The standard InChI is InChI=1S/C22H22N2O3S.ClH/c1-2-22(13-24-19(25)17(23)20(24)28-14-22)21(26)27-18(15-9-5-3-6-10-15)16-11-7-4-8-12-16;/h2-12,17-18,20H,1,13-14,23H2;1H/t17?,20-,22?;/m1./s1. The van der Waals surface area contributed by atoms with Gasteiger partial charge in [-0.3, -0.25) is 9.59 Å². The molecule has 2 aliphatic rings. The number of hydrogen-bond donors (Lipinski definition) is 1. The van der Waals surface area contributed by atoms with Gasteiger partial charge in [-0.1, -0.05) is 66.7 Å². The van der Waals surface area contributed by atoms with Gasteiger partial charge in [0, 0.05) is 12.3 Å². The van der Waals surface area contributed by atoms with Gasteiger partial charge in [-0.2, -0.15) is 0 Å². The van der Waals surface area contributed by atoms with Crippen LogP contribution in [0.4, 0.5) is 0 Å². The van der Waals surface area contributed by atoms with Gasteiger partial charge in [-0.15, -0.1) is 30.7 Å². The molecule has 29 heavy (non-hydrogen) atoms. The lowest BCUT2D eigenvalue weighted by atomic mass is 9.87. The van der Waals surface area contributed by atoms with Crippen molar-refractivity contribution in [1.29, 1.82) is 0 Å². The third-order valence-electron chi connectivity index (χ3n) is 5.37. The summed E-state index contributed by atoms with van der Waals surface area (Å²) in [6.07, 6.45) is 1.09. The smallest absolute Gasteiger partial charge is 0.319 e. The van der Waals surface area contributed by atoms with E-state index in [9.17, 15) is 9.59 Å². The molecule has 2 aromatic rings. The first kappa shape index (κ1) is 21.4. The fourth-order valence-electron chi connectivity index (χ4n) is 3.63. The largest absolute Gasteiger partial charge is 0.452 e. The van der Waals surface area contributed by atoms with Gasteiger partial charge in [0.1, 0.15) is 16.8 Å². The molecule has 5 nitrogen and oxygen atoms in total. The highest BCUT2D eigenvalue weighted by Gasteiger charge is 2.55. The van der Waals surface area contributed by atoms with Crippen LogP contribution in [0, 0.1) is 5.41 Å². The number of halogens is 1. The molecule has 2 heterocycles. The number of esters is 1. The minimum Gasteiger partial charge on any atom is -0.452 e. The Bertz CT molecular complexity index is 856. The topological polar surface area (TPSA) is 72.6 Å². The molecule has 0 aromatic heterocycles. The van der Waals surface area contributed by atoms with Crippen molar-refractivity contribution in [3.05, 3.63) is 84.4 Å². The minimum absolute atomic E-state index is 0. The number of ether oxygens (including phenoxy) is 1. The van der Waals surface area contributed by atoms with Crippen LogP contribution < -0.4 is 5.73 Å². The molecule has 2 aromatic carbocycles. The summed E-state index contributed by atoms with van der Waals surface area (Å²) in [7, 11) is 0. The third kappa shape index (κ3) is 3.80. The van der Waals surface area contributed by atoms with Crippen molar-refractivity contribution in [3.63, 3.8) is 0 Å². The van der Waals surface area contributed by atoms with Crippen molar-refractivity contribution >= 4 is 36.0 Å². The van der Waals surface area contributed by atoms with E-state index >= 15 is 0 Å². The average molecular weight is 431 g/mol. The first-order valence-electron chi connectivity index (χ1n) is 9.18. The number of β-lactam (4-membered cyclic amide) rings is 1. The van der Waals surface area contributed by atoms with Crippen LogP contribution >= 0.6 is 24.2 Å². The SMILES string of the molecule is C=CC1(C(=O)OC(c2ccccc2)c2ccccc2)CS[C@@H]2C(N)C(=O)N2C1.Cl. The third-order valence-corrected chi connectivity index (χ3v) is 6.94. The van der Waals surface area contributed by atoms with E-state index in [0.29, 0.717) is 5.75 Å². The number of thioether (sulfide) groups is 1. The molecule has 2 fully saturated rings. The molecular formula is C22H23ClN2O3S. The fourth-order valence-corrected chi connectivity index (χ4v) is 5.11. The molecule has 2 unspecified atom stereocenters. The maximum absolute atomic E-state index is 13.3. The molecular weight excluding hydrogens is 408 g/mol. The highest BCUT2D eigenvalue weighted by atomic mass is 35.5.